The van der Waals surface area contributed by atoms with Crippen LogP contribution < -0.4 is 5.32 Å². The van der Waals surface area contributed by atoms with Gasteiger partial charge in [-0.3, -0.25) is 0 Å². The first-order chi connectivity index (χ1) is 14.6. The average Bonchev–Trinajstić information content (AvgIpc) is 2.81. The van der Waals surface area contributed by atoms with Gasteiger partial charge < -0.3 is 5.32 Å². The molecule has 2 heterocycles. The first kappa shape index (κ1) is 20.1. The fraction of sp³-hybridized carbons (Fsp3) is 0.217. The fourth-order valence-corrected chi connectivity index (χ4v) is 5.06. The van der Waals surface area contributed by atoms with E-state index in [1.807, 2.05) is 48.5 Å². The third kappa shape index (κ3) is 4.35. The van der Waals surface area contributed by atoms with Gasteiger partial charge in [0, 0.05) is 25.3 Å². The Kier molecular flexibility index (Phi) is 5.79. The molecule has 0 radical (unpaired) electrons. The summed E-state index contributed by atoms with van der Waals surface area (Å²) in [4.78, 5) is 4.55. The number of nitrogens with zero attached hydrogens (tertiary/aromatic N) is 3. The molecule has 0 saturated carbocycles. The lowest BCUT2D eigenvalue weighted by molar-refractivity contribution is 0.329. The second kappa shape index (κ2) is 8.66. The highest BCUT2D eigenvalue weighted by Crippen LogP contribution is 2.25. The summed E-state index contributed by atoms with van der Waals surface area (Å²) in [5.74, 6) is 0.701. The molecule has 0 spiro atoms. The van der Waals surface area contributed by atoms with E-state index in [1.54, 1.807) is 28.6 Å². The van der Waals surface area contributed by atoms with Gasteiger partial charge in [0.1, 0.15) is 11.9 Å². The van der Waals surface area contributed by atoms with Crippen molar-refractivity contribution in [1.29, 1.82) is 5.26 Å². The van der Waals surface area contributed by atoms with Crippen molar-refractivity contribution in [3.8, 4) is 17.2 Å². The molecule has 1 aliphatic rings. The van der Waals surface area contributed by atoms with Crippen LogP contribution >= 0.6 is 0 Å². The average molecular weight is 419 g/mol. The van der Waals surface area contributed by atoms with Crippen LogP contribution in [0.5, 0.6) is 0 Å². The van der Waals surface area contributed by atoms with Crippen LogP contribution in [0, 0.1) is 11.3 Å². The number of nitrogens with one attached hydrogen (secondary N) is 1. The van der Waals surface area contributed by atoms with Gasteiger partial charge in [-0.2, -0.15) is 9.57 Å². The lowest BCUT2D eigenvalue weighted by Gasteiger charge is -2.31. The van der Waals surface area contributed by atoms with E-state index < -0.39 is 10.0 Å². The minimum absolute atomic E-state index is 0.150. The molecule has 0 amide bonds. The Morgan fingerprint density at radius 3 is 2.20 bits per heavy atom. The Balaban J connectivity index is 1.39. The molecule has 2 aromatic carbocycles. The molecule has 6 nitrogen and oxygen atoms in total. The Morgan fingerprint density at radius 2 is 1.60 bits per heavy atom. The molecule has 1 saturated heterocycles. The van der Waals surface area contributed by atoms with Crippen LogP contribution in [0.4, 0.5) is 5.82 Å². The lowest BCUT2D eigenvalue weighted by atomic mass is 10.1. The molecule has 7 heteroatoms. The molecule has 4 rings (SSSR count). The van der Waals surface area contributed by atoms with E-state index in [0.717, 1.165) is 11.1 Å². The van der Waals surface area contributed by atoms with Gasteiger partial charge in [-0.05, 0) is 48.2 Å². The molecule has 1 N–H and O–H groups in total. The first-order valence-corrected chi connectivity index (χ1v) is 11.3. The number of hydrogen-bond donors (Lipinski definition) is 1. The van der Waals surface area contributed by atoms with Crippen molar-refractivity contribution >= 4 is 15.8 Å². The van der Waals surface area contributed by atoms with Crippen molar-refractivity contribution in [3.63, 3.8) is 0 Å². The predicted molar refractivity (Wildman–Crippen MR) is 116 cm³/mol. The van der Waals surface area contributed by atoms with Crippen molar-refractivity contribution < 1.29 is 8.42 Å². The summed E-state index contributed by atoms with van der Waals surface area (Å²) in [6, 6.07) is 22.7. The molecule has 1 aromatic heterocycles. The number of hydrogen-bond acceptors (Lipinski definition) is 5. The van der Waals surface area contributed by atoms with E-state index in [-0.39, 0.29) is 6.04 Å². The van der Waals surface area contributed by atoms with Gasteiger partial charge in [-0.15, -0.1) is 0 Å². The SMILES string of the molecule is N#Cc1ccc(NC2CCN(S(=O)(=O)c3ccc(-c4ccccc4)cc3)CC2)nc1. The van der Waals surface area contributed by atoms with Crippen molar-refractivity contribution in [2.24, 2.45) is 0 Å². The largest absolute Gasteiger partial charge is 0.367 e. The van der Waals surface area contributed by atoms with Gasteiger partial charge in [0.15, 0.2) is 0 Å². The maximum Gasteiger partial charge on any atom is 0.243 e. The van der Waals surface area contributed by atoms with Crippen LogP contribution in [-0.2, 0) is 10.0 Å². The zero-order valence-electron chi connectivity index (χ0n) is 16.4. The van der Waals surface area contributed by atoms with Crippen LogP contribution in [0.15, 0.2) is 77.8 Å². The maximum atomic E-state index is 13.0. The van der Waals surface area contributed by atoms with E-state index in [4.69, 9.17) is 5.26 Å². The van der Waals surface area contributed by atoms with Crippen LogP contribution in [0.3, 0.4) is 0 Å². The molecule has 1 aliphatic heterocycles. The van der Waals surface area contributed by atoms with Gasteiger partial charge >= 0.3 is 0 Å². The molecule has 1 fully saturated rings. The number of anilines is 1. The summed E-state index contributed by atoms with van der Waals surface area (Å²) in [5.41, 5.74) is 2.57. The zero-order chi connectivity index (χ0) is 21.0. The fourth-order valence-electron chi connectivity index (χ4n) is 3.59. The zero-order valence-corrected chi connectivity index (χ0v) is 17.2. The minimum Gasteiger partial charge on any atom is -0.367 e. The Labute approximate surface area is 176 Å². The second-order valence-electron chi connectivity index (χ2n) is 7.26. The Bertz CT molecular complexity index is 1130. The van der Waals surface area contributed by atoms with E-state index in [2.05, 4.69) is 10.3 Å². The highest BCUT2D eigenvalue weighted by atomic mass is 32.2. The molecule has 0 atom stereocenters. The second-order valence-corrected chi connectivity index (χ2v) is 9.19. The molecule has 0 aliphatic carbocycles. The number of pyridine rings is 1. The van der Waals surface area contributed by atoms with Crippen LogP contribution in [0.25, 0.3) is 11.1 Å². The van der Waals surface area contributed by atoms with Crippen molar-refractivity contribution in [2.75, 3.05) is 18.4 Å². The lowest BCUT2D eigenvalue weighted by Crippen LogP contribution is -2.42. The van der Waals surface area contributed by atoms with E-state index in [1.165, 1.54) is 6.20 Å². The molecular weight excluding hydrogens is 396 g/mol. The minimum atomic E-state index is -3.51. The normalized spacial score (nSPS) is 15.4. The number of piperidine rings is 1. The summed E-state index contributed by atoms with van der Waals surface area (Å²) >= 11 is 0. The van der Waals surface area contributed by atoms with Gasteiger partial charge in [-0.1, -0.05) is 42.5 Å². The molecule has 30 heavy (non-hydrogen) atoms. The Hall–Kier alpha value is -3.21. The molecule has 152 valence electrons. The van der Waals surface area contributed by atoms with E-state index in [9.17, 15) is 8.42 Å². The van der Waals surface area contributed by atoms with Crippen LogP contribution in [0.1, 0.15) is 18.4 Å². The molecule has 0 unspecified atom stereocenters. The van der Waals surface area contributed by atoms with Gasteiger partial charge in [0.2, 0.25) is 10.0 Å². The highest BCUT2D eigenvalue weighted by molar-refractivity contribution is 7.89. The molecule has 3 aromatic rings. The number of aromatic nitrogens is 1. The van der Waals surface area contributed by atoms with Crippen molar-refractivity contribution in [2.45, 2.75) is 23.8 Å². The smallest absolute Gasteiger partial charge is 0.243 e. The van der Waals surface area contributed by atoms with Crippen molar-refractivity contribution in [3.05, 3.63) is 78.5 Å². The summed E-state index contributed by atoms with van der Waals surface area (Å²) < 4.78 is 27.6. The maximum absolute atomic E-state index is 13.0. The number of benzene rings is 2. The highest BCUT2D eigenvalue weighted by Gasteiger charge is 2.29. The van der Waals surface area contributed by atoms with E-state index >= 15 is 0 Å². The number of rotatable bonds is 5. The standard InChI is InChI=1S/C23H22N4O2S/c24-16-18-6-11-23(25-17-18)26-21-12-14-27(15-13-21)30(28,29)22-9-7-20(8-10-22)19-4-2-1-3-5-19/h1-11,17,21H,12-15H2,(H,25,26). The number of nitriles is 1. The van der Waals surface area contributed by atoms with Gasteiger partial charge in [0.05, 0.1) is 10.5 Å². The third-order valence-corrected chi connectivity index (χ3v) is 7.21. The first-order valence-electron chi connectivity index (χ1n) is 9.84. The Morgan fingerprint density at radius 1 is 0.933 bits per heavy atom. The summed E-state index contributed by atoms with van der Waals surface area (Å²) in [6.07, 6.45) is 2.92. The topological polar surface area (TPSA) is 86.1 Å². The molecule has 0 bridgehead atoms. The van der Waals surface area contributed by atoms with Gasteiger partial charge in [0.25, 0.3) is 0 Å². The summed E-state index contributed by atoms with van der Waals surface area (Å²) in [5, 5.41) is 12.2. The monoisotopic (exact) mass is 418 g/mol. The number of sulfonamides is 1. The van der Waals surface area contributed by atoms with Crippen LogP contribution in [0.2, 0.25) is 0 Å². The quantitative estimate of drug-likeness (QED) is 0.679. The van der Waals surface area contributed by atoms with Crippen LogP contribution in [-0.4, -0.2) is 36.8 Å². The van der Waals surface area contributed by atoms with E-state index in [0.29, 0.717) is 42.2 Å². The molecular formula is C23H22N4O2S. The summed E-state index contributed by atoms with van der Waals surface area (Å²) in [6.45, 7) is 0.910. The van der Waals surface area contributed by atoms with Crippen molar-refractivity contribution in [1.82, 2.24) is 9.29 Å². The predicted octanol–water partition coefficient (Wildman–Crippen LogP) is 3.89. The van der Waals surface area contributed by atoms with Gasteiger partial charge in [-0.25, -0.2) is 13.4 Å². The summed E-state index contributed by atoms with van der Waals surface area (Å²) in [7, 11) is -3.51. The third-order valence-electron chi connectivity index (χ3n) is 5.30.